The summed E-state index contributed by atoms with van der Waals surface area (Å²) in [7, 11) is 2.18. The van der Waals surface area contributed by atoms with Crippen LogP contribution in [-0.4, -0.2) is 60.5 Å². The molecule has 1 saturated heterocycles. The molecule has 1 aliphatic rings. The molecular formula is C25H30N4O2S. The Morgan fingerprint density at radius 1 is 1.06 bits per heavy atom. The topological polar surface area (TPSA) is 57.7 Å². The Morgan fingerprint density at radius 3 is 2.44 bits per heavy atom. The fourth-order valence-corrected chi connectivity index (χ4v) is 4.25. The molecule has 1 fully saturated rings. The highest BCUT2D eigenvalue weighted by Gasteiger charge is 2.13. The molecule has 0 saturated carbocycles. The largest absolute Gasteiger partial charge is 0.487 e. The minimum atomic E-state index is -0.128. The first-order valence-corrected chi connectivity index (χ1v) is 11.9. The van der Waals surface area contributed by atoms with Gasteiger partial charge in [-0.1, -0.05) is 12.1 Å². The lowest BCUT2D eigenvalue weighted by atomic mass is 10.1. The first kappa shape index (κ1) is 22.5. The van der Waals surface area contributed by atoms with Gasteiger partial charge in [-0.15, -0.1) is 11.3 Å². The van der Waals surface area contributed by atoms with Crippen molar-refractivity contribution in [2.75, 3.05) is 45.1 Å². The van der Waals surface area contributed by atoms with Crippen molar-refractivity contribution in [3.8, 4) is 5.75 Å². The second-order valence-electron chi connectivity index (χ2n) is 8.22. The average molecular weight is 451 g/mol. The fraction of sp³-hybridized carbons (Fsp3) is 0.360. The number of thiazole rings is 1. The van der Waals surface area contributed by atoms with Crippen LogP contribution >= 0.6 is 11.3 Å². The number of anilines is 1. The Kier molecular flexibility index (Phi) is 7.52. The monoisotopic (exact) mass is 450 g/mol. The lowest BCUT2D eigenvalue weighted by Gasteiger charge is -2.32. The highest BCUT2D eigenvalue weighted by atomic mass is 32.1. The molecule has 1 aliphatic heterocycles. The van der Waals surface area contributed by atoms with Crippen LogP contribution in [0.5, 0.6) is 5.75 Å². The number of benzene rings is 2. The Balaban J connectivity index is 1.24. The van der Waals surface area contributed by atoms with Crippen molar-refractivity contribution >= 4 is 22.9 Å². The van der Waals surface area contributed by atoms with Crippen LogP contribution in [0, 0.1) is 6.92 Å². The van der Waals surface area contributed by atoms with Crippen molar-refractivity contribution in [3.05, 3.63) is 75.7 Å². The smallest absolute Gasteiger partial charge is 0.255 e. The summed E-state index contributed by atoms with van der Waals surface area (Å²) >= 11 is 1.61. The van der Waals surface area contributed by atoms with Crippen LogP contribution in [0.1, 0.15) is 26.6 Å². The van der Waals surface area contributed by atoms with Gasteiger partial charge in [0.25, 0.3) is 5.91 Å². The molecule has 7 heteroatoms. The zero-order chi connectivity index (χ0) is 22.3. The van der Waals surface area contributed by atoms with Gasteiger partial charge in [0, 0.05) is 49.4 Å². The highest BCUT2D eigenvalue weighted by molar-refractivity contribution is 7.09. The molecule has 6 nitrogen and oxygen atoms in total. The van der Waals surface area contributed by atoms with E-state index in [2.05, 4.69) is 39.3 Å². The Bertz CT molecular complexity index is 1010. The first-order chi connectivity index (χ1) is 15.5. The zero-order valence-corrected chi connectivity index (χ0v) is 19.5. The predicted octanol–water partition coefficient (Wildman–Crippen LogP) is 4.07. The van der Waals surface area contributed by atoms with Crippen LogP contribution in [0.3, 0.4) is 0 Å². The van der Waals surface area contributed by atoms with Gasteiger partial charge in [-0.05, 0) is 62.4 Å². The molecule has 0 radical (unpaired) electrons. The summed E-state index contributed by atoms with van der Waals surface area (Å²) in [5, 5.41) is 5.99. The van der Waals surface area contributed by atoms with Crippen LogP contribution in [-0.2, 0) is 13.0 Å². The Morgan fingerprint density at radius 2 is 1.78 bits per heavy atom. The summed E-state index contributed by atoms with van der Waals surface area (Å²) in [6, 6.07) is 15.3. The quantitative estimate of drug-likeness (QED) is 0.561. The van der Waals surface area contributed by atoms with Crippen molar-refractivity contribution in [2.45, 2.75) is 20.0 Å². The number of ether oxygens (including phenoxy) is 1. The van der Waals surface area contributed by atoms with Crippen molar-refractivity contribution in [3.63, 3.8) is 0 Å². The average Bonchev–Trinajstić information content (AvgIpc) is 3.23. The molecule has 0 aliphatic carbocycles. The molecule has 0 spiro atoms. The minimum Gasteiger partial charge on any atom is -0.487 e. The third-order valence-electron chi connectivity index (χ3n) is 5.69. The summed E-state index contributed by atoms with van der Waals surface area (Å²) in [6.45, 7) is 8.04. The van der Waals surface area contributed by atoms with Crippen molar-refractivity contribution < 1.29 is 9.53 Å². The normalized spacial score (nSPS) is 14.9. The predicted molar refractivity (Wildman–Crippen MR) is 130 cm³/mol. The maximum atomic E-state index is 12.6. The van der Waals surface area contributed by atoms with Gasteiger partial charge < -0.3 is 19.9 Å². The molecule has 1 amide bonds. The Labute approximate surface area is 193 Å². The van der Waals surface area contributed by atoms with E-state index in [1.807, 2.05) is 36.6 Å². The van der Waals surface area contributed by atoms with E-state index in [1.165, 1.54) is 5.56 Å². The maximum absolute atomic E-state index is 12.6. The van der Waals surface area contributed by atoms with Gasteiger partial charge >= 0.3 is 0 Å². The van der Waals surface area contributed by atoms with Gasteiger partial charge in [0.05, 0.1) is 10.7 Å². The number of hydrogen-bond acceptors (Lipinski definition) is 6. The number of aromatic nitrogens is 1. The molecule has 32 heavy (non-hydrogen) atoms. The summed E-state index contributed by atoms with van der Waals surface area (Å²) < 4.78 is 5.75. The van der Waals surface area contributed by atoms with Crippen LogP contribution in [0.15, 0.2) is 53.9 Å². The standard InChI is InChI=1S/C25H30N4O2S/c1-19-26-23(18-32-19)17-31-24-9-5-21(6-10-24)25(30)27-22-7-3-20(4-8-22)11-12-29-15-13-28(2)14-16-29/h3-10,18H,11-17H2,1-2H3,(H,27,30). The number of piperazine rings is 1. The molecular weight excluding hydrogens is 420 g/mol. The van der Waals surface area contributed by atoms with Gasteiger partial charge in [0.2, 0.25) is 0 Å². The van der Waals surface area contributed by atoms with Crippen molar-refractivity contribution in [1.82, 2.24) is 14.8 Å². The van der Waals surface area contributed by atoms with Crippen molar-refractivity contribution in [2.24, 2.45) is 0 Å². The molecule has 2 aromatic carbocycles. The summed E-state index contributed by atoms with van der Waals surface area (Å²) in [4.78, 5) is 21.9. The van der Waals surface area contributed by atoms with E-state index in [1.54, 1.807) is 23.5 Å². The van der Waals surface area contributed by atoms with E-state index in [-0.39, 0.29) is 5.91 Å². The number of aryl methyl sites for hydroxylation is 1. The summed E-state index contributed by atoms with van der Waals surface area (Å²) in [6.07, 6.45) is 1.03. The molecule has 1 N–H and O–H groups in total. The first-order valence-electron chi connectivity index (χ1n) is 11.0. The molecule has 0 unspecified atom stereocenters. The SMILES string of the molecule is Cc1nc(COc2ccc(C(=O)Nc3ccc(CCN4CCN(C)CC4)cc3)cc2)cs1. The number of carbonyl (C=O) groups excluding carboxylic acids is 1. The number of carbonyl (C=O) groups is 1. The van der Waals surface area contributed by atoms with E-state index >= 15 is 0 Å². The van der Waals surface area contributed by atoms with Gasteiger partial charge in [0.15, 0.2) is 0 Å². The van der Waals surface area contributed by atoms with E-state index in [4.69, 9.17) is 4.74 Å². The van der Waals surface area contributed by atoms with Crippen LogP contribution in [0.4, 0.5) is 5.69 Å². The second-order valence-corrected chi connectivity index (χ2v) is 9.28. The van der Waals surface area contributed by atoms with Gasteiger partial charge in [-0.2, -0.15) is 0 Å². The highest BCUT2D eigenvalue weighted by Crippen LogP contribution is 2.17. The second kappa shape index (κ2) is 10.7. The van der Waals surface area contributed by atoms with E-state index < -0.39 is 0 Å². The van der Waals surface area contributed by atoms with Crippen LogP contribution in [0.25, 0.3) is 0 Å². The van der Waals surface area contributed by atoms with Crippen LogP contribution in [0.2, 0.25) is 0 Å². The molecule has 168 valence electrons. The number of likely N-dealkylation sites (N-methyl/N-ethyl adjacent to an activating group) is 1. The van der Waals surface area contributed by atoms with Crippen LogP contribution < -0.4 is 10.1 Å². The molecule has 3 aromatic rings. The van der Waals surface area contributed by atoms with E-state index in [9.17, 15) is 4.79 Å². The summed E-state index contributed by atoms with van der Waals surface area (Å²) in [5.74, 6) is 0.591. The van der Waals surface area contributed by atoms with Gasteiger partial charge in [-0.3, -0.25) is 4.79 Å². The summed E-state index contributed by atoms with van der Waals surface area (Å²) in [5.41, 5.74) is 3.61. The lowest BCUT2D eigenvalue weighted by Crippen LogP contribution is -2.45. The molecule has 2 heterocycles. The van der Waals surface area contributed by atoms with Gasteiger partial charge in [0.1, 0.15) is 12.4 Å². The number of rotatable bonds is 8. The van der Waals surface area contributed by atoms with Gasteiger partial charge in [-0.25, -0.2) is 4.98 Å². The fourth-order valence-electron chi connectivity index (χ4n) is 3.65. The molecule has 0 atom stereocenters. The number of amides is 1. The number of hydrogen-bond donors (Lipinski definition) is 1. The van der Waals surface area contributed by atoms with Crippen molar-refractivity contribution in [1.29, 1.82) is 0 Å². The van der Waals surface area contributed by atoms with E-state index in [0.29, 0.717) is 12.2 Å². The molecule has 1 aromatic heterocycles. The molecule has 0 bridgehead atoms. The third kappa shape index (κ3) is 6.38. The Hall–Kier alpha value is -2.74. The molecule has 4 rings (SSSR count). The lowest BCUT2D eigenvalue weighted by molar-refractivity contribution is 0.102. The number of nitrogens with one attached hydrogen (secondary N) is 1. The third-order valence-corrected chi connectivity index (χ3v) is 6.52. The minimum absolute atomic E-state index is 0.128. The zero-order valence-electron chi connectivity index (χ0n) is 18.7. The van der Waals surface area contributed by atoms with E-state index in [0.717, 1.165) is 61.3 Å². The maximum Gasteiger partial charge on any atom is 0.255 e. The number of nitrogens with zero attached hydrogens (tertiary/aromatic N) is 3.